The molecule has 1 atom stereocenters. The highest BCUT2D eigenvalue weighted by Crippen LogP contribution is 2.34. The van der Waals surface area contributed by atoms with Gasteiger partial charge in [-0.3, -0.25) is 0 Å². The first-order valence-corrected chi connectivity index (χ1v) is 6.42. The van der Waals surface area contributed by atoms with Crippen LogP contribution in [-0.2, 0) is 16.0 Å². The summed E-state index contributed by atoms with van der Waals surface area (Å²) in [5.74, 6) is 0.422. The van der Waals surface area contributed by atoms with Crippen LogP contribution in [0.25, 0.3) is 0 Å². The fourth-order valence-electron chi connectivity index (χ4n) is 2.08. The average molecular weight is 266 g/mol. The van der Waals surface area contributed by atoms with Crippen LogP contribution < -0.4 is 4.74 Å². The van der Waals surface area contributed by atoms with E-state index in [0.717, 1.165) is 23.3 Å². The summed E-state index contributed by atoms with van der Waals surface area (Å²) in [6.07, 6.45) is -0.483. The number of benzene rings is 1. The molecule has 0 aliphatic rings. The second-order valence-corrected chi connectivity index (χ2v) is 4.74. The van der Waals surface area contributed by atoms with Gasteiger partial charge in [0, 0.05) is 0 Å². The molecule has 0 bridgehead atoms. The largest absolute Gasteiger partial charge is 0.496 e. The van der Waals surface area contributed by atoms with Crippen molar-refractivity contribution in [1.82, 2.24) is 0 Å². The van der Waals surface area contributed by atoms with Crippen LogP contribution in [0, 0.1) is 0 Å². The van der Waals surface area contributed by atoms with Crippen LogP contribution in [0.4, 0.5) is 0 Å². The van der Waals surface area contributed by atoms with E-state index >= 15 is 0 Å². The molecule has 0 fully saturated rings. The summed E-state index contributed by atoms with van der Waals surface area (Å²) in [5, 5.41) is 9.96. The maximum absolute atomic E-state index is 11.4. The van der Waals surface area contributed by atoms with Crippen molar-refractivity contribution in [3.63, 3.8) is 0 Å². The summed E-state index contributed by atoms with van der Waals surface area (Å²) < 4.78 is 10.0. The summed E-state index contributed by atoms with van der Waals surface area (Å²) in [4.78, 5) is 11.4. The number of carbonyl (C=O) groups is 1. The first-order valence-electron chi connectivity index (χ1n) is 6.42. The highest BCUT2D eigenvalue weighted by molar-refractivity contribution is 5.76. The molecular formula is C15H22O4. The van der Waals surface area contributed by atoms with E-state index in [2.05, 4.69) is 4.74 Å². The van der Waals surface area contributed by atoms with E-state index in [9.17, 15) is 9.90 Å². The molecule has 1 aromatic rings. The van der Waals surface area contributed by atoms with Crippen LogP contribution in [0.3, 0.4) is 0 Å². The zero-order valence-corrected chi connectivity index (χ0v) is 12.2. The molecule has 19 heavy (non-hydrogen) atoms. The van der Waals surface area contributed by atoms with Crippen molar-refractivity contribution in [1.29, 1.82) is 0 Å². The number of methoxy groups -OCH3 is 2. The van der Waals surface area contributed by atoms with Gasteiger partial charge < -0.3 is 14.6 Å². The number of carbonyl (C=O) groups excluding carboxylic acids is 1. The van der Waals surface area contributed by atoms with Gasteiger partial charge in [-0.05, 0) is 41.2 Å². The Morgan fingerprint density at radius 2 is 1.95 bits per heavy atom. The van der Waals surface area contributed by atoms with Gasteiger partial charge in [-0.1, -0.05) is 20.8 Å². The van der Waals surface area contributed by atoms with Crippen LogP contribution >= 0.6 is 0 Å². The monoisotopic (exact) mass is 266 g/mol. The van der Waals surface area contributed by atoms with Crippen molar-refractivity contribution >= 4 is 5.97 Å². The SMILES string of the molecule is CCc1cc(C(O)C(=O)OC)cc(C(C)C)c1OC. The molecule has 0 aliphatic heterocycles. The predicted molar refractivity (Wildman–Crippen MR) is 73.4 cm³/mol. The Balaban J connectivity index is 3.36. The number of ether oxygens (including phenoxy) is 2. The summed E-state index contributed by atoms with van der Waals surface area (Å²) in [7, 11) is 2.90. The first kappa shape index (κ1) is 15.5. The Bertz CT molecular complexity index is 452. The zero-order chi connectivity index (χ0) is 14.6. The minimum absolute atomic E-state index is 0.241. The highest BCUT2D eigenvalue weighted by Gasteiger charge is 2.22. The molecule has 0 heterocycles. The second-order valence-electron chi connectivity index (χ2n) is 4.74. The number of hydrogen-bond acceptors (Lipinski definition) is 4. The predicted octanol–water partition coefficient (Wildman–Crippen LogP) is 2.59. The van der Waals surface area contributed by atoms with Gasteiger partial charge >= 0.3 is 5.97 Å². The molecule has 1 unspecified atom stereocenters. The number of aliphatic hydroxyl groups is 1. The smallest absolute Gasteiger partial charge is 0.339 e. The Labute approximate surface area is 114 Å². The molecule has 4 nitrogen and oxygen atoms in total. The molecule has 0 aromatic heterocycles. The third-order valence-corrected chi connectivity index (χ3v) is 3.16. The van der Waals surface area contributed by atoms with Gasteiger partial charge in [0.25, 0.3) is 0 Å². The van der Waals surface area contributed by atoms with Gasteiger partial charge in [-0.15, -0.1) is 0 Å². The molecule has 1 N–H and O–H groups in total. The lowest BCUT2D eigenvalue weighted by molar-refractivity contribution is -0.150. The normalized spacial score (nSPS) is 12.4. The molecule has 0 aliphatic carbocycles. The van der Waals surface area contributed by atoms with Gasteiger partial charge in [-0.25, -0.2) is 4.79 Å². The van der Waals surface area contributed by atoms with Crippen molar-refractivity contribution in [3.8, 4) is 5.75 Å². The van der Waals surface area contributed by atoms with E-state index in [1.807, 2.05) is 26.8 Å². The van der Waals surface area contributed by atoms with E-state index in [-0.39, 0.29) is 5.92 Å². The van der Waals surface area contributed by atoms with Crippen molar-refractivity contribution in [2.24, 2.45) is 0 Å². The van der Waals surface area contributed by atoms with E-state index < -0.39 is 12.1 Å². The van der Waals surface area contributed by atoms with E-state index in [0.29, 0.717) is 5.56 Å². The number of hydrogen-bond donors (Lipinski definition) is 1. The van der Waals surface area contributed by atoms with Crippen LogP contribution in [-0.4, -0.2) is 25.3 Å². The maximum atomic E-state index is 11.4. The van der Waals surface area contributed by atoms with Crippen molar-refractivity contribution in [2.45, 2.75) is 39.2 Å². The molecule has 1 aromatic carbocycles. The van der Waals surface area contributed by atoms with Crippen molar-refractivity contribution in [3.05, 3.63) is 28.8 Å². The van der Waals surface area contributed by atoms with E-state index in [4.69, 9.17) is 4.74 Å². The number of esters is 1. The summed E-state index contributed by atoms with van der Waals surface area (Å²) in [6.45, 7) is 6.10. The molecule has 0 spiro atoms. The first-order chi connectivity index (χ1) is 8.96. The lowest BCUT2D eigenvalue weighted by atomic mass is 9.93. The third kappa shape index (κ3) is 3.26. The highest BCUT2D eigenvalue weighted by atomic mass is 16.5. The lowest BCUT2D eigenvalue weighted by Crippen LogP contribution is -2.14. The summed E-state index contributed by atoms with van der Waals surface area (Å²) in [6, 6.07) is 3.61. The molecular weight excluding hydrogens is 244 g/mol. The van der Waals surface area contributed by atoms with Gasteiger partial charge in [0.05, 0.1) is 14.2 Å². The van der Waals surface area contributed by atoms with Crippen LogP contribution in [0.1, 0.15) is 49.5 Å². The van der Waals surface area contributed by atoms with Crippen LogP contribution in [0.15, 0.2) is 12.1 Å². The number of aryl methyl sites for hydroxylation is 1. The van der Waals surface area contributed by atoms with Crippen LogP contribution in [0.2, 0.25) is 0 Å². The summed E-state index contributed by atoms with van der Waals surface area (Å²) in [5.41, 5.74) is 2.51. The fraction of sp³-hybridized carbons (Fsp3) is 0.533. The summed E-state index contributed by atoms with van der Waals surface area (Å²) >= 11 is 0. The lowest BCUT2D eigenvalue weighted by Gasteiger charge is -2.19. The number of rotatable bonds is 5. The fourth-order valence-corrected chi connectivity index (χ4v) is 2.08. The van der Waals surface area contributed by atoms with E-state index in [1.54, 1.807) is 13.2 Å². The second kappa shape index (κ2) is 6.57. The Morgan fingerprint density at radius 1 is 1.32 bits per heavy atom. The minimum Gasteiger partial charge on any atom is -0.496 e. The molecule has 0 saturated heterocycles. The van der Waals surface area contributed by atoms with Crippen molar-refractivity contribution < 1.29 is 19.4 Å². The van der Waals surface area contributed by atoms with Crippen molar-refractivity contribution in [2.75, 3.05) is 14.2 Å². The Kier molecular flexibility index (Phi) is 5.36. The van der Waals surface area contributed by atoms with E-state index in [1.165, 1.54) is 7.11 Å². The van der Waals surface area contributed by atoms with Gasteiger partial charge in [0.1, 0.15) is 5.75 Å². The Morgan fingerprint density at radius 3 is 2.37 bits per heavy atom. The molecule has 1 rings (SSSR count). The minimum atomic E-state index is -1.25. The third-order valence-electron chi connectivity index (χ3n) is 3.16. The Hall–Kier alpha value is -1.55. The van der Waals surface area contributed by atoms with Gasteiger partial charge in [0.15, 0.2) is 6.10 Å². The van der Waals surface area contributed by atoms with Gasteiger partial charge in [0.2, 0.25) is 0 Å². The van der Waals surface area contributed by atoms with Gasteiger partial charge in [-0.2, -0.15) is 0 Å². The maximum Gasteiger partial charge on any atom is 0.339 e. The molecule has 4 heteroatoms. The molecule has 0 amide bonds. The zero-order valence-electron chi connectivity index (χ0n) is 12.2. The van der Waals surface area contributed by atoms with Crippen LogP contribution in [0.5, 0.6) is 5.75 Å². The molecule has 106 valence electrons. The molecule has 0 saturated carbocycles. The topological polar surface area (TPSA) is 55.8 Å². The standard InChI is InChI=1S/C15H22O4/c1-6-10-7-11(13(16)15(17)19-5)8-12(9(2)3)14(10)18-4/h7-9,13,16H,6H2,1-5H3. The average Bonchev–Trinajstić information content (AvgIpc) is 2.43. The quantitative estimate of drug-likeness (QED) is 0.832. The number of aliphatic hydroxyl groups excluding tert-OH is 1. The molecule has 0 radical (unpaired) electrons.